The number of Topliss-reactive ketones (excluding diaryl/α,β-unsaturated/α-hetero) is 1. The molecule has 0 saturated carbocycles. The Kier molecular flexibility index (Phi) is 5.02. The maximum atomic E-state index is 13.0. The van der Waals surface area contributed by atoms with Gasteiger partial charge in [0.2, 0.25) is 0 Å². The van der Waals surface area contributed by atoms with Crippen LogP contribution in [-0.2, 0) is 9.59 Å². The first-order valence-corrected chi connectivity index (χ1v) is 9.18. The van der Waals surface area contributed by atoms with Gasteiger partial charge in [-0.3, -0.25) is 14.5 Å². The van der Waals surface area contributed by atoms with E-state index >= 15 is 0 Å². The molecular weight excluding hydrogens is 386 g/mol. The number of aliphatic hydroxyl groups is 1. The van der Waals surface area contributed by atoms with E-state index in [9.17, 15) is 14.7 Å². The summed E-state index contributed by atoms with van der Waals surface area (Å²) in [6.45, 7) is 0. The molecule has 1 fully saturated rings. The normalized spacial score (nSPS) is 17.9. The molecule has 1 N–H and O–H groups in total. The lowest BCUT2D eigenvalue weighted by Gasteiger charge is -2.24. The Labute approximate surface area is 172 Å². The summed E-state index contributed by atoms with van der Waals surface area (Å²) in [5.74, 6) is -0.608. The molecule has 4 rings (SSSR count). The van der Waals surface area contributed by atoms with Crippen LogP contribution in [0.25, 0.3) is 5.76 Å². The molecule has 1 atom stereocenters. The Morgan fingerprint density at radius 1 is 0.967 bits per heavy atom. The number of aliphatic hydroxyl groups excluding tert-OH is 1. The van der Waals surface area contributed by atoms with Crippen LogP contribution >= 0.6 is 0 Å². The van der Waals surface area contributed by atoms with E-state index in [1.807, 2.05) is 0 Å². The average Bonchev–Trinajstić information content (AvgIpc) is 3.40. The second kappa shape index (κ2) is 7.79. The second-order valence-corrected chi connectivity index (χ2v) is 6.59. The average molecular weight is 405 g/mol. The van der Waals surface area contributed by atoms with Gasteiger partial charge in [-0.15, -0.1) is 0 Å². The van der Waals surface area contributed by atoms with Crippen molar-refractivity contribution in [1.29, 1.82) is 0 Å². The minimum atomic E-state index is -0.932. The monoisotopic (exact) mass is 405 g/mol. The van der Waals surface area contributed by atoms with Crippen molar-refractivity contribution < 1.29 is 28.6 Å². The molecule has 1 aliphatic rings. The Morgan fingerprint density at radius 2 is 1.70 bits per heavy atom. The number of anilines is 1. The third-order valence-corrected chi connectivity index (χ3v) is 4.95. The fraction of sp³-hybridized carbons (Fsp3) is 0.130. The van der Waals surface area contributed by atoms with Crippen LogP contribution in [0.2, 0.25) is 0 Å². The lowest BCUT2D eigenvalue weighted by atomic mass is 9.99. The van der Waals surface area contributed by atoms with Gasteiger partial charge in [-0.1, -0.05) is 30.3 Å². The van der Waals surface area contributed by atoms with Crippen molar-refractivity contribution >= 4 is 23.1 Å². The fourth-order valence-electron chi connectivity index (χ4n) is 3.54. The fourth-order valence-corrected chi connectivity index (χ4v) is 3.54. The summed E-state index contributed by atoms with van der Waals surface area (Å²) in [4.78, 5) is 27.3. The molecular formula is C23H19NO6. The summed E-state index contributed by atoms with van der Waals surface area (Å²) in [5.41, 5.74) is 0.790. The molecule has 1 unspecified atom stereocenters. The molecule has 2 aromatic carbocycles. The van der Waals surface area contributed by atoms with E-state index in [1.165, 1.54) is 25.4 Å². The molecule has 1 aromatic heterocycles. The zero-order chi connectivity index (χ0) is 21.3. The van der Waals surface area contributed by atoms with Crippen molar-refractivity contribution in [2.45, 2.75) is 6.04 Å². The predicted octanol–water partition coefficient (Wildman–Crippen LogP) is 3.92. The van der Waals surface area contributed by atoms with Gasteiger partial charge in [-0.05, 0) is 24.3 Å². The maximum Gasteiger partial charge on any atom is 0.300 e. The van der Waals surface area contributed by atoms with Gasteiger partial charge in [0, 0.05) is 17.3 Å². The van der Waals surface area contributed by atoms with E-state index in [4.69, 9.17) is 13.9 Å². The standard InChI is InChI=1S/C23H19NO6/c1-28-16-11-10-15(13-18(16)29-2)24-20(17-9-6-12-30-17)19(22(26)23(24)27)21(25)14-7-4-3-5-8-14/h3-13,20,25H,1-2H3/b21-19-. The SMILES string of the molecule is COc1ccc(N2C(=O)C(=O)/C(=C(\O)c3ccccc3)C2c2ccco2)cc1OC. The highest BCUT2D eigenvalue weighted by Crippen LogP contribution is 2.44. The number of hydrogen-bond acceptors (Lipinski definition) is 6. The summed E-state index contributed by atoms with van der Waals surface area (Å²) in [5, 5.41) is 10.9. The van der Waals surface area contributed by atoms with Crippen molar-refractivity contribution in [2.75, 3.05) is 19.1 Å². The molecule has 7 nitrogen and oxygen atoms in total. The summed E-state index contributed by atoms with van der Waals surface area (Å²) in [6.07, 6.45) is 1.45. The van der Waals surface area contributed by atoms with Crippen molar-refractivity contribution in [1.82, 2.24) is 0 Å². The van der Waals surface area contributed by atoms with Gasteiger partial charge in [-0.25, -0.2) is 0 Å². The van der Waals surface area contributed by atoms with E-state index in [-0.39, 0.29) is 11.3 Å². The van der Waals surface area contributed by atoms with E-state index < -0.39 is 17.7 Å². The quantitative estimate of drug-likeness (QED) is 0.393. The molecule has 1 saturated heterocycles. The predicted molar refractivity (Wildman–Crippen MR) is 109 cm³/mol. The van der Waals surface area contributed by atoms with Gasteiger partial charge in [0.1, 0.15) is 17.6 Å². The summed E-state index contributed by atoms with van der Waals surface area (Å²) in [7, 11) is 2.99. The number of carbonyl (C=O) groups excluding carboxylic acids is 2. The van der Waals surface area contributed by atoms with E-state index in [0.29, 0.717) is 28.5 Å². The molecule has 7 heteroatoms. The summed E-state index contributed by atoms with van der Waals surface area (Å²) in [6, 6.07) is 15.9. The number of nitrogens with zero attached hydrogens (tertiary/aromatic N) is 1. The van der Waals surface area contributed by atoms with Gasteiger partial charge < -0.3 is 19.0 Å². The summed E-state index contributed by atoms with van der Waals surface area (Å²) >= 11 is 0. The molecule has 1 aliphatic heterocycles. The third-order valence-electron chi connectivity index (χ3n) is 4.95. The first-order chi connectivity index (χ1) is 14.6. The lowest BCUT2D eigenvalue weighted by molar-refractivity contribution is -0.132. The molecule has 1 amide bonds. The Balaban J connectivity index is 1.91. The number of benzene rings is 2. The third kappa shape index (κ3) is 3.10. The van der Waals surface area contributed by atoms with E-state index in [2.05, 4.69) is 0 Å². The molecule has 0 bridgehead atoms. The number of carbonyl (C=O) groups is 2. The van der Waals surface area contributed by atoms with Crippen LogP contribution in [0.5, 0.6) is 11.5 Å². The van der Waals surface area contributed by atoms with Gasteiger partial charge >= 0.3 is 0 Å². The number of amides is 1. The topological polar surface area (TPSA) is 89.2 Å². The first kappa shape index (κ1) is 19.3. The maximum absolute atomic E-state index is 13.0. The Hall–Kier alpha value is -4.00. The number of rotatable bonds is 5. The van der Waals surface area contributed by atoms with Crippen molar-refractivity contribution in [2.24, 2.45) is 0 Å². The molecule has 0 radical (unpaired) electrons. The van der Waals surface area contributed by atoms with Crippen LogP contribution in [0.3, 0.4) is 0 Å². The molecule has 3 aromatic rings. The van der Waals surface area contributed by atoms with Gasteiger partial charge in [0.05, 0.1) is 26.1 Å². The van der Waals surface area contributed by atoms with E-state index in [0.717, 1.165) is 0 Å². The number of ether oxygens (including phenoxy) is 2. The van der Waals surface area contributed by atoms with Gasteiger partial charge in [-0.2, -0.15) is 0 Å². The van der Waals surface area contributed by atoms with Crippen LogP contribution in [0, 0.1) is 0 Å². The van der Waals surface area contributed by atoms with Gasteiger partial charge in [0.25, 0.3) is 11.7 Å². The Bertz CT molecular complexity index is 1120. The number of ketones is 1. The van der Waals surface area contributed by atoms with Gasteiger partial charge in [0.15, 0.2) is 11.5 Å². The highest BCUT2D eigenvalue weighted by molar-refractivity contribution is 6.51. The lowest BCUT2D eigenvalue weighted by Crippen LogP contribution is -2.29. The summed E-state index contributed by atoms with van der Waals surface area (Å²) < 4.78 is 16.1. The van der Waals surface area contributed by atoms with Crippen LogP contribution in [0.15, 0.2) is 76.9 Å². The number of furan rings is 1. The number of methoxy groups -OCH3 is 2. The van der Waals surface area contributed by atoms with Crippen molar-refractivity contribution in [3.05, 3.63) is 83.8 Å². The zero-order valence-corrected chi connectivity index (χ0v) is 16.4. The van der Waals surface area contributed by atoms with Crippen molar-refractivity contribution in [3.8, 4) is 11.5 Å². The molecule has 2 heterocycles. The van der Waals surface area contributed by atoms with Crippen molar-refractivity contribution in [3.63, 3.8) is 0 Å². The smallest absolute Gasteiger partial charge is 0.300 e. The molecule has 30 heavy (non-hydrogen) atoms. The van der Waals surface area contributed by atoms with E-state index in [1.54, 1.807) is 60.7 Å². The van der Waals surface area contributed by atoms with Crippen LogP contribution < -0.4 is 14.4 Å². The second-order valence-electron chi connectivity index (χ2n) is 6.59. The van der Waals surface area contributed by atoms with Crippen LogP contribution in [0.4, 0.5) is 5.69 Å². The highest BCUT2D eigenvalue weighted by Gasteiger charge is 2.48. The first-order valence-electron chi connectivity index (χ1n) is 9.18. The highest BCUT2D eigenvalue weighted by atomic mass is 16.5. The van der Waals surface area contributed by atoms with Crippen LogP contribution in [-0.4, -0.2) is 31.0 Å². The van der Waals surface area contributed by atoms with Crippen LogP contribution in [0.1, 0.15) is 17.4 Å². The Morgan fingerprint density at radius 3 is 2.33 bits per heavy atom. The number of hydrogen-bond donors (Lipinski definition) is 1. The largest absolute Gasteiger partial charge is 0.507 e. The minimum Gasteiger partial charge on any atom is -0.507 e. The zero-order valence-electron chi connectivity index (χ0n) is 16.4. The molecule has 152 valence electrons. The molecule has 0 aliphatic carbocycles. The molecule has 0 spiro atoms. The minimum absolute atomic E-state index is 0.0454.